The van der Waals surface area contributed by atoms with Gasteiger partial charge in [-0.25, -0.2) is 4.98 Å². The van der Waals surface area contributed by atoms with E-state index in [1.165, 1.54) is 4.90 Å². The fraction of sp³-hybridized carbons (Fsp3) is 0.214. The number of carbonyl (C=O) groups excluding carboxylic acids is 2. The molecular weight excluding hydrogens is 306 g/mol. The summed E-state index contributed by atoms with van der Waals surface area (Å²) in [4.78, 5) is 29.3. The van der Waals surface area contributed by atoms with E-state index in [4.69, 9.17) is 20.9 Å². The second-order valence-corrected chi connectivity index (χ2v) is 5.40. The minimum Gasteiger partial charge on any atom is -0.494 e. The van der Waals surface area contributed by atoms with Gasteiger partial charge in [0.25, 0.3) is 0 Å². The van der Waals surface area contributed by atoms with Gasteiger partial charge in [0.15, 0.2) is 0 Å². The summed E-state index contributed by atoms with van der Waals surface area (Å²) in [6, 6.07) is 9.07. The largest absolute Gasteiger partial charge is 0.639 e. The number of hydrogen-bond acceptors (Lipinski definition) is 6. The molecule has 22 heavy (non-hydrogen) atoms. The molecular formula is C14H12BClN2O4. The Bertz CT molecular complexity index is 735. The normalized spacial score (nSPS) is 16.9. The van der Waals surface area contributed by atoms with Gasteiger partial charge in [0.05, 0.1) is 24.1 Å². The molecule has 0 N–H and O–H groups in total. The Labute approximate surface area is 132 Å². The molecule has 0 unspecified atom stereocenters. The highest BCUT2D eigenvalue weighted by atomic mass is 35.5. The van der Waals surface area contributed by atoms with Crippen LogP contribution in [0.4, 0.5) is 0 Å². The van der Waals surface area contributed by atoms with Crippen LogP contribution in [0.25, 0.3) is 10.9 Å². The summed E-state index contributed by atoms with van der Waals surface area (Å²) in [5, 5.41) is 0.950. The summed E-state index contributed by atoms with van der Waals surface area (Å²) in [6.45, 7) is 0.00839. The molecule has 1 aliphatic rings. The maximum Gasteiger partial charge on any atom is 0.639 e. The first-order valence-corrected chi connectivity index (χ1v) is 7.03. The van der Waals surface area contributed by atoms with E-state index in [1.807, 2.05) is 24.3 Å². The van der Waals surface area contributed by atoms with E-state index < -0.39 is 19.1 Å². The van der Waals surface area contributed by atoms with Gasteiger partial charge in [-0.1, -0.05) is 29.8 Å². The number of nitrogens with zero attached hydrogens (tertiary/aromatic N) is 2. The Hall–Kier alpha value is -2.12. The van der Waals surface area contributed by atoms with Crippen LogP contribution in [0.1, 0.15) is 0 Å². The van der Waals surface area contributed by atoms with Crippen LogP contribution in [0.3, 0.4) is 0 Å². The van der Waals surface area contributed by atoms with Gasteiger partial charge in [0, 0.05) is 5.39 Å². The summed E-state index contributed by atoms with van der Waals surface area (Å²) in [5.41, 5.74) is 1.06. The van der Waals surface area contributed by atoms with Gasteiger partial charge in [-0.05, 0) is 19.2 Å². The smallest absolute Gasteiger partial charge is 0.494 e. The summed E-state index contributed by atoms with van der Waals surface area (Å²) in [5.74, 6) is -0.992. The van der Waals surface area contributed by atoms with E-state index in [0.717, 1.165) is 5.39 Å². The molecule has 0 atom stereocenters. The van der Waals surface area contributed by atoms with Gasteiger partial charge in [-0.2, -0.15) is 0 Å². The predicted molar refractivity (Wildman–Crippen MR) is 81.8 cm³/mol. The summed E-state index contributed by atoms with van der Waals surface area (Å²) in [6.07, 6.45) is 0. The molecule has 112 valence electrons. The van der Waals surface area contributed by atoms with Crippen molar-refractivity contribution in [2.45, 2.75) is 0 Å². The van der Waals surface area contributed by atoms with E-state index in [-0.39, 0.29) is 18.2 Å². The minimum absolute atomic E-state index is 0.00420. The molecule has 2 aromatic rings. The van der Waals surface area contributed by atoms with Crippen molar-refractivity contribution in [2.24, 2.45) is 0 Å². The van der Waals surface area contributed by atoms with Crippen LogP contribution in [0.15, 0.2) is 30.3 Å². The number of aromatic nitrogens is 1. The van der Waals surface area contributed by atoms with Gasteiger partial charge in [0.1, 0.15) is 5.15 Å². The van der Waals surface area contributed by atoms with Crippen molar-refractivity contribution < 1.29 is 18.9 Å². The van der Waals surface area contributed by atoms with Gasteiger partial charge < -0.3 is 9.31 Å². The van der Waals surface area contributed by atoms with Crippen LogP contribution in [-0.4, -0.2) is 49.1 Å². The summed E-state index contributed by atoms with van der Waals surface area (Å²) >= 11 is 6.15. The average Bonchev–Trinajstić information content (AvgIpc) is 2.44. The number of halogens is 1. The van der Waals surface area contributed by atoms with E-state index in [9.17, 15) is 9.59 Å². The standard InChI is InChI=1S/C14H12BClN2O4/c1-18-7-12(19)21-15(22-13(20)8-18)10-6-9-4-2-3-5-11(9)17-14(10)16/h2-6H,7-8H2,1H3. The topological polar surface area (TPSA) is 68.7 Å². The van der Waals surface area contributed by atoms with Crippen LogP contribution in [0.5, 0.6) is 0 Å². The van der Waals surface area contributed by atoms with Gasteiger partial charge in [-0.3, -0.25) is 14.5 Å². The number of benzene rings is 1. The van der Waals surface area contributed by atoms with Crippen molar-refractivity contribution >= 4 is 47.0 Å². The Balaban J connectivity index is 1.99. The molecule has 1 fully saturated rings. The quantitative estimate of drug-likeness (QED) is 0.567. The third kappa shape index (κ3) is 3.05. The molecule has 0 amide bonds. The van der Waals surface area contributed by atoms with E-state index in [1.54, 1.807) is 13.1 Å². The lowest BCUT2D eigenvalue weighted by Crippen LogP contribution is -2.48. The van der Waals surface area contributed by atoms with Crippen molar-refractivity contribution in [1.82, 2.24) is 9.88 Å². The predicted octanol–water partition coefficient (Wildman–Crippen LogP) is 0.615. The van der Waals surface area contributed by atoms with Crippen molar-refractivity contribution in [3.05, 3.63) is 35.5 Å². The highest BCUT2D eigenvalue weighted by Gasteiger charge is 2.36. The molecule has 0 bridgehead atoms. The number of fused-ring (bicyclic) bond motifs is 1. The average molecular weight is 319 g/mol. The van der Waals surface area contributed by atoms with Crippen molar-refractivity contribution in [3.63, 3.8) is 0 Å². The van der Waals surface area contributed by atoms with E-state index in [0.29, 0.717) is 11.0 Å². The van der Waals surface area contributed by atoms with Crippen molar-refractivity contribution in [3.8, 4) is 0 Å². The summed E-state index contributed by atoms with van der Waals surface area (Å²) in [7, 11) is 0.450. The Morgan fingerprint density at radius 3 is 2.50 bits per heavy atom. The van der Waals surface area contributed by atoms with Crippen molar-refractivity contribution in [2.75, 3.05) is 20.1 Å². The lowest BCUT2D eigenvalue weighted by molar-refractivity contribution is -0.145. The first-order valence-electron chi connectivity index (χ1n) is 6.65. The molecule has 8 heteroatoms. The Morgan fingerprint density at radius 1 is 1.18 bits per heavy atom. The Morgan fingerprint density at radius 2 is 1.82 bits per heavy atom. The summed E-state index contributed by atoms with van der Waals surface area (Å²) < 4.78 is 10.4. The lowest BCUT2D eigenvalue weighted by Gasteiger charge is -2.22. The van der Waals surface area contributed by atoms with Gasteiger partial charge in [0.2, 0.25) is 0 Å². The van der Waals surface area contributed by atoms with Crippen LogP contribution in [0, 0.1) is 0 Å². The highest BCUT2D eigenvalue weighted by Crippen LogP contribution is 2.15. The SMILES string of the molecule is CN1CC(=O)OB(c2cc3ccccc3nc2Cl)OC(=O)C1. The maximum absolute atomic E-state index is 11.8. The number of likely N-dealkylation sites (N-methyl/N-ethyl adjacent to an activating group) is 1. The van der Waals surface area contributed by atoms with Crippen LogP contribution >= 0.6 is 11.6 Å². The van der Waals surface area contributed by atoms with Crippen molar-refractivity contribution in [1.29, 1.82) is 0 Å². The molecule has 0 saturated carbocycles. The first kappa shape index (κ1) is 14.8. The van der Waals surface area contributed by atoms with Gasteiger partial charge >= 0.3 is 19.1 Å². The second-order valence-electron chi connectivity index (χ2n) is 5.05. The molecule has 1 aromatic heterocycles. The molecule has 2 heterocycles. The molecule has 0 aliphatic carbocycles. The molecule has 6 nitrogen and oxygen atoms in total. The van der Waals surface area contributed by atoms with Crippen LogP contribution in [0.2, 0.25) is 5.15 Å². The minimum atomic E-state index is -1.18. The van der Waals surface area contributed by atoms with Crippen LogP contribution in [-0.2, 0) is 18.9 Å². The zero-order valence-electron chi connectivity index (χ0n) is 11.8. The molecule has 3 rings (SSSR count). The zero-order valence-corrected chi connectivity index (χ0v) is 12.5. The van der Waals surface area contributed by atoms with E-state index >= 15 is 0 Å². The zero-order chi connectivity index (χ0) is 15.7. The number of para-hydroxylation sites is 1. The second kappa shape index (κ2) is 5.94. The number of pyridine rings is 1. The number of hydrogen-bond donors (Lipinski definition) is 0. The molecule has 1 aromatic carbocycles. The third-order valence-corrected chi connectivity index (χ3v) is 3.54. The molecule has 0 spiro atoms. The lowest BCUT2D eigenvalue weighted by atomic mass is 9.79. The first-order chi connectivity index (χ1) is 10.5. The highest BCUT2D eigenvalue weighted by molar-refractivity contribution is 6.67. The monoisotopic (exact) mass is 318 g/mol. The Kier molecular flexibility index (Phi) is 4.00. The van der Waals surface area contributed by atoms with Gasteiger partial charge in [-0.15, -0.1) is 0 Å². The maximum atomic E-state index is 11.8. The third-order valence-electron chi connectivity index (χ3n) is 3.23. The number of rotatable bonds is 1. The van der Waals surface area contributed by atoms with E-state index in [2.05, 4.69) is 4.98 Å². The fourth-order valence-corrected chi connectivity index (χ4v) is 2.47. The molecule has 1 saturated heterocycles. The molecule has 1 aliphatic heterocycles. The van der Waals surface area contributed by atoms with Crippen LogP contribution < -0.4 is 5.46 Å². The number of carbonyl (C=O) groups is 2. The molecule has 0 radical (unpaired) electrons. The fourth-order valence-electron chi connectivity index (χ4n) is 2.24.